The number of rotatable bonds is 5. The fourth-order valence-electron chi connectivity index (χ4n) is 0.770. The standard InChI is InChI=1S/C7H12BrN3S/c1-2-9-3-4-10-7-11-6(8)5-12-7/h5,9H,2-4H2,1H3,(H,10,11). The highest BCUT2D eigenvalue weighted by atomic mass is 79.9. The number of nitrogens with zero attached hydrogens (tertiary/aromatic N) is 1. The van der Waals surface area contributed by atoms with Crippen molar-refractivity contribution in [3.63, 3.8) is 0 Å². The molecule has 0 aliphatic rings. The molecule has 0 atom stereocenters. The van der Waals surface area contributed by atoms with Gasteiger partial charge in [0.2, 0.25) is 0 Å². The van der Waals surface area contributed by atoms with E-state index in [1.165, 1.54) is 0 Å². The average molecular weight is 250 g/mol. The summed E-state index contributed by atoms with van der Waals surface area (Å²) < 4.78 is 0.901. The van der Waals surface area contributed by atoms with Gasteiger partial charge in [-0.3, -0.25) is 0 Å². The molecule has 0 amide bonds. The Labute approximate surface area is 84.7 Å². The van der Waals surface area contributed by atoms with E-state index in [1.807, 2.05) is 5.38 Å². The fraction of sp³-hybridized carbons (Fsp3) is 0.571. The molecule has 0 fully saturated rings. The lowest BCUT2D eigenvalue weighted by molar-refractivity contribution is 0.738. The number of likely N-dealkylation sites (N-methyl/N-ethyl adjacent to an activating group) is 1. The first-order chi connectivity index (χ1) is 5.83. The quantitative estimate of drug-likeness (QED) is 0.784. The number of hydrogen-bond donors (Lipinski definition) is 2. The highest BCUT2D eigenvalue weighted by molar-refractivity contribution is 9.10. The average Bonchev–Trinajstić information content (AvgIpc) is 2.45. The van der Waals surface area contributed by atoms with Crippen LogP contribution in [0.25, 0.3) is 0 Å². The van der Waals surface area contributed by atoms with Gasteiger partial charge in [0.1, 0.15) is 4.60 Å². The summed E-state index contributed by atoms with van der Waals surface area (Å²) in [6.07, 6.45) is 0. The molecule has 3 nitrogen and oxygen atoms in total. The Hall–Kier alpha value is -0.130. The maximum Gasteiger partial charge on any atom is 0.183 e. The van der Waals surface area contributed by atoms with Gasteiger partial charge in [0.05, 0.1) is 0 Å². The van der Waals surface area contributed by atoms with Gasteiger partial charge in [-0.25, -0.2) is 4.98 Å². The van der Waals surface area contributed by atoms with E-state index in [4.69, 9.17) is 0 Å². The minimum atomic E-state index is 0.901. The maximum absolute atomic E-state index is 4.20. The zero-order valence-electron chi connectivity index (χ0n) is 6.93. The second-order valence-corrected chi connectivity index (χ2v) is 3.93. The summed E-state index contributed by atoms with van der Waals surface area (Å²) in [7, 11) is 0. The summed E-state index contributed by atoms with van der Waals surface area (Å²) in [5, 5.41) is 9.38. The third-order valence-electron chi connectivity index (χ3n) is 1.30. The minimum Gasteiger partial charge on any atom is -0.360 e. The molecule has 0 radical (unpaired) electrons. The van der Waals surface area contributed by atoms with E-state index in [1.54, 1.807) is 11.3 Å². The lowest BCUT2D eigenvalue weighted by atomic mass is 10.6. The smallest absolute Gasteiger partial charge is 0.183 e. The van der Waals surface area contributed by atoms with Crippen molar-refractivity contribution in [2.75, 3.05) is 25.0 Å². The molecule has 0 aliphatic heterocycles. The van der Waals surface area contributed by atoms with E-state index in [-0.39, 0.29) is 0 Å². The predicted molar refractivity (Wildman–Crippen MR) is 56.8 cm³/mol. The van der Waals surface area contributed by atoms with Crippen LogP contribution in [-0.2, 0) is 0 Å². The van der Waals surface area contributed by atoms with Crippen LogP contribution in [0.2, 0.25) is 0 Å². The second-order valence-electron chi connectivity index (χ2n) is 2.26. The molecule has 0 bridgehead atoms. The third kappa shape index (κ3) is 3.51. The Kier molecular flexibility index (Phi) is 4.57. The van der Waals surface area contributed by atoms with Crippen molar-refractivity contribution in [2.45, 2.75) is 6.92 Å². The van der Waals surface area contributed by atoms with Crippen molar-refractivity contribution in [3.05, 3.63) is 9.98 Å². The molecule has 12 heavy (non-hydrogen) atoms. The lowest BCUT2D eigenvalue weighted by Crippen LogP contribution is -2.21. The summed E-state index contributed by atoms with van der Waals surface area (Å²) in [5.41, 5.74) is 0. The van der Waals surface area contributed by atoms with Crippen molar-refractivity contribution in [1.82, 2.24) is 10.3 Å². The van der Waals surface area contributed by atoms with Gasteiger partial charge in [-0.1, -0.05) is 6.92 Å². The van der Waals surface area contributed by atoms with E-state index in [0.717, 1.165) is 29.4 Å². The van der Waals surface area contributed by atoms with Crippen LogP contribution in [0.15, 0.2) is 9.98 Å². The first-order valence-electron chi connectivity index (χ1n) is 3.88. The number of nitrogens with one attached hydrogen (secondary N) is 2. The zero-order valence-corrected chi connectivity index (χ0v) is 9.33. The van der Waals surface area contributed by atoms with Crippen LogP contribution in [0.1, 0.15) is 6.92 Å². The van der Waals surface area contributed by atoms with Crippen LogP contribution in [0.5, 0.6) is 0 Å². The molecule has 5 heteroatoms. The van der Waals surface area contributed by atoms with Crippen LogP contribution >= 0.6 is 27.3 Å². The van der Waals surface area contributed by atoms with Crippen LogP contribution < -0.4 is 10.6 Å². The van der Waals surface area contributed by atoms with Gasteiger partial charge in [0.15, 0.2) is 5.13 Å². The van der Waals surface area contributed by atoms with E-state index in [9.17, 15) is 0 Å². The summed E-state index contributed by atoms with van der Waals surface area (Å²) in [6, 6.07) is 0. The molecule has 0 saturated carbocycles. The summed E-state index contributed by atoms with van der Waals surface area (Å²) >= 11 is 4.91. The van der Waals surface area contributed by atoms with E-state index >= 15 is 0 Å². The number of anilines is 1. The molecule has 1 heterocycles. The Balaban J connectivity index is 2.15. The van der Waals surface area contributed by atoms with Gasteiger partial charge in [-0.2, -0.15) is 0 Å². The lowest BCUT2D eigenvalue weighted by Gasteiger charge is -2.01. The molecule has 1 aromatic rings. The van der Waals surface area contributed by atoms with Gasteiger partial charge < -0.3 is 10.6 Å². The van der Waals surface area contributed by atoms with Crippen molar-refractivity contribution in [2.24, 2.45) is 0 Å². The highest BCUT2D eigenvalue weighted by Crippen LogP contribution is 2.18. The molecule has 2 N–H and O–H groups in total. The first-order valence-corrected chi connectivity index (χ1v) is 5.56. The first kappa shape index (κ1) is 9.95. The summed E-state index contributed by atoms with van der Waals surface area (Å²) in [5.74, 6) is 0. The molecular formula is C7H12BrN3S. The molecule has 1 rings (SSSR count). The van der Waals surface area contributed by atoms with Gasteiger partial charge in [-0.15, -0.1) is 11.3 Å². The number of halogens is 1. The number of thiazole rings is 1. The topological polar surface area (TPSA) is 37.0 Å². The Morgan fingerprint density at radius 2 is 2.42 bits per heavy atom. The third-order valence-corrected chi connectivity index (χ3v) is 2.81. The highest BCUT2D eigenvalue weighted by Gasteiger charge is 1.96. The molecular weight excluding hydrogens is 238 g/mol. The van der Waals surface area contributed by atoms with Gasteiger partial charge >= 0.3 is 0 Å². The van der Waals surface area contributed by atoms with Gasteiger partial charge in [0.25, 0.3) is 0 Å². The zero-order chi connectivity index (χ0) is 8.81. The number of aromatic nitrogens is 1. The number of hydrogen-bond acceptors (Lipinski definition) is 4. The molecule has 0 unspecified atom stereocenters. The van der Waals surface area contributed by atoms with Crippen molar-refractivity contribution in [1.29, 1.82) is 0 Å². The van der Waals surface area contributed by atoms with Crippen LogP contribution in [-0.4, -0.2) is 24.6 Å². The molecule has 0 aromatic carbocycles. The van der Waals surface area contributed by atoms with Crippen LogP contribution in [0.4, 0.5) is 5.13 Å². The molecule has 0 saturated heterocycles. The maximum atomic E-state index is 4.20. The van der Waals surface area contributed by atoms with Gasteiger partial charge in [0, 0.05) is 18.5 Å². The molecule has 0 spiro atoms. The monoisotopic (exact) mass is 249 g/mol. The van der Waals surface area contributed by atoms with Crippen molar-refractivity contribution < 1.29 is 0 Å². The largest absolute Gasteiger partial charge is 0.360 e. The van der Waals surface area contributed by atoms with Crippen molar-refractivity contribution in [3.8, 4) is 0 Å². The van der Waals surface area contributed by atoms with Crippen LogP contribution in [0, 0.1) is 0 Å². The normalized spacial score (nSPS) is 10.2. The SMILES string of the molecule is CCNCCNc1nc(Br)cs1. The minimum absolute atomic E-state index is 0.901. The van der Waals surface area contributed by atoms with E-state index in [2.05, 4.69) is 38.5 Å². The van der Waals surface area contributed by atoms with Crippen molar-refractivity contribution >= 4 is 32.4 Å². The fourth-order valence-corrected chi connectivity index (χ4v) is 1.94. The Bertz CT molecular complexity index is 226. The predicted octanol–water partition coefficient (Wildman–Crippen LogP) is 1.93. The molecule has 68 valence electrons. The van der Waals surface area contributed by atoms with Gasteiger partial charge in [-0.05, 0) is 22.5 Å². The Morgan fingerprint density at radius 1 is 1.58 bits per heavy atom. The van der Waals surface area contributed by atoms with E-state index in [0.29, 0.717) is 0 Å². The van der Waals surface area contributed by atoms with Crippen LogP contribution in [0.3, 0.4) is 0 Å². The molecule has 1 aromatic heterocycles. The van der Waals surface area contributed by atoms with E-state index < -0.39 is 0 Å². The Morgan fingerprint density at radius 3 is 3.00 bits per heavy atom. The summed E-state index contributed by atoms with van der Waals surface area (Å²) in [4.78, 5) is 4.20. The second kappa shape index (κ2) is 5.50. The molecule has 0 aliphatic carbocycles. The summed E-state index contributed by atoms with van der Waals surface area (Å²) in [6.45, 7) is 5.02.